The molecule has 7 nitrogen and oxygen atoms in total. The second kappa shape index (κ2) is 10.5. The highest BCUT2D eigenvalue weighted by molar-refractivity contribution is 5.94. The van der Waals surface area contributed by atoms with E-state index in [0.29, 0.717) is 43.6 Å². The number of benzene rings is 2. The number of hydrogen-bond donors (Lipinski definition) is 2. The van der Waals surface area contributed by atoms with Crippen LogP contribution in [0.15, 0.2) is 54.6 Å². The first-order valence-electron chi connectivity index (χ1n) is 11.7. The highest BCUT2D eigenvalue weighted by Crippen LogP contribution is 2.35. The van der Waals surface area contributed by atoms with Gasteiger partial charge < -0.3 is 15.5 Å². The number of halogens is 1. The molecular formula is C26H30FN5O2. The zero-order valence-electron chi connectivity index (χ0n) is 19.6. The number of aromatic nitrogens is 2. The van der Waals surface area contributed by atoms with Crippen molar-refractivity contribution in [3.05, 3.63) is 71.7 Å². The van der Waals surface area contributed by atoms with Crippen LogP contribution in [-0.2, 0) is 16.1 Å². The monoisotopic (exact) mass is 463 g/mol. The molecule has 178 valence electrons. The number of nitrogens with one attached hydrogen (secondary N) is 2. The zero-order valence-corrected chi connectivity index (χ0v) is 19.6. The summed E-state index contributed by atoms with van der Waals surface area (Å²) in [6, 6.07) is 16.3. The van der Waals surface area contributed by atoms with Gasteiger partial charge >= 0.3 is 0 Å². The van der Waals surface area contributed by atoms with E-state index in [1.165, 1.54) is 6.07 Å². The van der Waals surface area contributed by atoms with Crippen molar-refractivity contribution in [2.24, 2.45) is 5.92 Å². The van der Waals surface area contributed by atoms with E-state index in [2.05, 4.69) is 15.5 Å². The van der Waals surface area contributed by atoms with Gasteiger partial charge in [-0.25, -0.2) is 9.07 Å². The predicted molar refractivity (Wildman–Crippen MR) is 130 cm³/mol. The Morgan fingerprint density at radius 3 is 2.41 bits per heavy atom. The molecule has 8 heteroatoms. The molecular weight excluding hydrogens is 433 g/mol. The molecule has 4 rings (SSSR count). The summed E-state index contributed by atoms with van der Waals surface area (Å²) in [5.41, 5.74) is 2.83. The van der Waals surface area contributed by atoms with E-state index in [4.69, 9.17) is 5.10 Å². The molecule has 1 aromatic heterocycles. The highest BCUT2D eigenvalue weighted by atomic mass is 19.1. The van der Waals surface area contributed by atoms with Crippen LogP contribution >= 0.6 is 0 Å². The molecule has 1 aliphatic rings. The Bertz CT molecular complexity index is 1150. The fourth-order valence-corrected chi connectivity index (χ4v) is 4.25. The minimum absolute atomic E-state index is 0.0600. The van der Waals surface area contributed by atoms with Crippen molar-refractivity contribution in [2.75, 3.05) is 23.3 Å². The number of para-hydroxylation sites is 1. The van der Waals surface area contributed by atoms with Gasteiger partial charge in [-0.2, -0.15) is 5.10 Å². The van der Waals surface area contributed by atoms with Crippen molar-refractivity contribution in [3.63, 3.8) is 0 Å². The Morgan fingerprint density at radius 2 is 1.74 bits per heavy atom. The van der Waals surface area contributed by atoms with Crippen LogP contribution in [0.3, 0.4) is 0 Å². The third-order valence-corrected chi connectivity index (χ3v) is 6.20. The van der Waals surface area contributed by atoms with Crippen LogP contribution in [-0.4, -0.2) is 34.7 Å². The Balaban J connectivity index is 1.49. The normalized spacial score (nSPS) is 14.1. The summed E-state index contributed by atoms with van der Waals surface area (Å²) in [4.78, 5) is 27.1. The average molecular weight is 464 g/mol. The molecule has 3 aromatic rings. The van der Waals surface area contributed by atoms with Crippen molar-refractivity contribution >= 4 is 23.3 Å². The van der Waals surface area contributed by atoms with E-state index >= 15 is 0 Å². The molecule has 0 radical (unpaired) electrons. The Morgan fingerprint density at radius 1 is 1.06 bits per heavy atom. The van der Waals surface area contributed by atoms with Crippen LogP contribution in [0.2, 0.25) is 0 Å². The molecule has 2 heterocycles. The first kappa shape index (κ1) is 23.5. The fourth-order valence-electron chi connectivity index (χ4n) is 4.25. The molecule has 1 fully saturated rings. The highest BCUT2D eigenvalue weighted by Gasteiger charge is 2.30. The summed E-state index contributed by atoms with van der Waals surface area (Å²) in [5.74, 6) is 0.236. The van der Waals surface area contributed by atoms with Gasteiger partial charge in [-0.3, -0.25) is 9.59 Å². The lowest BCUT2D eigenvalue weighted by Gasteiger charge is -2.33. The van der Waals surface area contributed by atoms with Gasteiger partial charge in [0.05, 0.1) is 11.4 Å². The van der Waals surface area contributed by atoms with Gasteiger partial charge in [0.15, 0.2) is 5.82 Å². The number of anilines is 2. The van der Waals surface area contributed by atoms with Gasteiger partial charge in [-0.15, -0.1) is 0 Å². The number of aryl methyl sites for hydroxylation is 1. The van der Waals surface area contributed by atoms with Crippen molar-refractivity contribution in [1.82, 2.24) is 15.1 Å². The van der Waals surface area contributed by atoms with Gasteiger partial charge in [-0.1, -0.05) is 43.3 Å². The molecule has 0 spiro atoms. The second-order valence-electron chi connectivity index (χ2n) is 8.50. The fraction of sp³-hybridized carbons (Fsp3) is 0.346. The van der Waals surface area contributed by atoms with Gasteiger partial charge in [0.25, 0.3) is 0 Å². The first-order valence-corrected chi connectivity index (χ1v) is 11.7. The van der Waals surface area contributed by atoms with Crippen LogP contribution in [0, 0.1) is 18.7 Å². The summed E-state index contributed by atoms with van der Waals surface area (Å²) in [7, 11) is 0. The SMILES string of the molecule is CCC(=O)Nc1c(C)nn(-c2ccccc2)c1N1CCC(C(=O)NCc2ccccc2F)CC1. The first-order chi connectivity index (χ1) is 16.5. The van der Waals surface area contributed by atoms with E-state index in [9.17, 15) is 14.0 Å². The van der Waals surface area contributed by atoms with E-state index in [0.717, 1.165) is 17.2 Å². The number of carbonyl (C=O) groups is 2. The molecule has 0 saturated carbocycles. The Kier molecular flexibility index (Phi) is 7.25. The van der Waals surface area contributed by atoms with Crippen LogP contribution in [0.5, 0.6) is 0 Å². The molecule has 34 heavy (non-hydrogen) atoms. The minimum Gasteiger partial charge on any atom is -0.355 e. The second-order valence-corrected chi connectivity index (χ2v) is 8.50. The lowest BCUT2D eigenvalue weighted by Crippen LogP contribution is -2.41. The summed E-state index contributed by atoms with van der Waals surface area (Å²) >= 11 is 0. The molecule has 2 N–H and O–H groups in total. The topological polar surface area (TPSA) is 79.3 Å². The lowest BCUT2D eigenvalue weighted by molar-refractivity contribution is -0.125. The van der Waals surface area contributed by atoms with E-state index in [1.54, 1.807) is 18.2 Å². The van der Waals surface area contributed by atoms with Crippen LogP contribution in [0.1, 0.15) is 37.4 Å². The standard InChI is InChI=1S/C26H30FN5O2/c1-3-23(33)29-24-18(2)30-32(21-10-5-4-6-11-21)26(24)31-15-13-19(14-16-31)25(34)28-17-20-9-7-8-12-22(20)27/h4-12,19H,3,13-17H2,1-2H3,(H,28,34)(H,29,33). The van der Waals surface area contributed by atoms with E-state index in [1.807, 2.05) is 48.9 Å². The minimum atomic E-state index is -0.316. The third-order valence-electron chi connectivity index (χ3n) is 6.20. The molecule has 0 aliphatic carbocycles. The van der Waals surface area contributed by atoms with Crippen molar-refractivity contribution < 1.29 is 14.0 Å². The molecule has 0 bridgehead atoms. The Labute approximate surface area is 199 Å². The number of rotatable bonds is 7. The van der Waals surface area contributed by atoms with Gasteiger partial charge in [0, 0.05) is 37.5 Å². The maximum atomic E-state index is 13.9. The maximum Gasteiger partial charge on any atom is 0.224 e. The number of carbonyl (C=O) groups excluding carboxylic acids is 2. The van der Waals surface area contributed by atoms with Gasteiger partial charge in [-0.05, 0) is 38.0 Å². The smallest absolute Gasteiger partial charge is 0.224 e. The van der Waals surface area contributed by atoms with Crippen molar-refractivity contribution in [3.8, 4) is 5.69 Å². The van der Waals surface area contributed by atoms with Crippen molar-refractivity contribution in [1.29, 1.82) is 0 Å². The number of nitrogens with zero attached hydrogens (tertiary/aromatic N) is 3. The molecule has 0 unspecified atom stereocenters. The van der Waals surface area contributed by atoms with Crippen LogP contribution in [0.25, 0.3) is 5.69 Å². The summed E-state index contributed by atoms with van der Waals surface area (Å²) < 4.78 is 15.7. The largest absolute Gasteiger partial charge is 0.355 e. The Hall–Kier alpha value is -3.68. The van der Waals surface area contributed by atoms with E-state index < -0.39 is 0 Å². The van der Waals surface area contributed by atoms with E-state index in [-0.39, 0.29) is 30.1 Å². The number of amides is 2. The molecule has 2 aromatic carbocycles. The quantitative estimate of drug-likeness (QED) is 0.550. The average Bonchev–Trinajstić information content (AvgIpc) is 3.19. The van der Waals surface area contributed by atoms with Gasteiger partial charge in [0.1, 0.15) is 11.5 Å². The number of piperidine rings is 1. The molecule has 0 atom stereocenters. The summed E-state index contributed by atoms with van der Waals surface area (Å²) in [6.45, 7) is 5.17. The summed E-state index contributed by atoms with van der Waals surface area (Å²) in [5, 5.41) is 10.6. The zero-order chi connectivity index (χ0) is 24.1. The molecule has 1 aliphatic heterocycles. The predicted octanol–water partition coefficient (Wildman–Crippen LogP) is 4.20. The van der Waals surface area contributed by atoms with Crippen molar-refractivity contribution in [2.45, 2.75) is 39.7 Å². The summed E-state index contributed by atoms with van der Waals surface area (Å²) in [6.07, 6.45) is 1.69. The number of hydrogen-bond acceptors (Lipinski definition) is 4. The van der Waals surface area contributed by atoms with Gasteiger partial charge in [0.2, 0.25) is 11.8 Å². The lowest BCUT2D eigenvalue weighted by atomic mass is 9.95. The molecule has 2 amide bonds. The third kappa shape index (κ3) is 5.11. The maximum absolute atomic E-state index is 13.9. The van der Waals surface area contributed by atoms with Crippen LogP contribution in [0.4, 0.5) is 15.9 Å². The van der Waals surface area contributed by atoms with Crippen LogP contribution < -0.4 is 15.5 Å². The molecule has 1 saturated heterocycles.